The van der Waals surface area contributed by atoms with Crippen molar-refractivity contribution in [2.75, 3.05) is 13.2 Å². The highest BCUT2D eigenvalue weighted by Gasteiger charge is 2.20. The lowest BCUT2D eigenvalue weighted by atomic mass is 10.1. The topological polar surface area (TPSA) is 70.4 Å². The molecule has 1 aromatic heterocycles. The van der Waals surface area contributed by atoms with Gasteiger partial charge in [-0.25, -0.2) is 0 Å². The molecule has 116 valence electrons. The minimum absolute atomic E-state index is 0.169. The Morgan fingerprint density at radius 1 is 1.57 bits per heavy atom. The van der Waals surface area contributed by atoms with E-state index in [1.54, 1.807) is 6.20 Å². The highest BCUT2D eigenvalue weighted by Crippen LogP contribution is 2.21. The number of aryl methyl sites for hydroxylation is 1. The Morgan fingerprint density at radius 3 is 3.05 bits per heavy atom. The van der Waals surface area contributed by atoms with Crippen molar-refractivity contribution in [2.45, 2.75) is 45.3 Å². The molecule has 2 heterocycles. The molecule has 21 heavy (non-hydrogen) atoms. The van der Waals surface area contributed by atoms with Crippen LogP contribution in [0.2, 0.25) is 5.02 Å². The molecular formula is C14H19ClN2O4. The average Bonchev–Trinajstić information content (AvgIpc) is 2.48. The zero-order valence-corrected chi connectivity index (χ0v) is 12.8. The number of hydrogen-bond donors (Lipinski definition) is 0. The summed E-state index contributed by atoms with van der Waals surface area (Å²) in [7, 11) is 0. The molecule has 1 aromatic rings. The standard InChI is InChI=1S/C14H19ClN2O4/c1-10(18)20-8-4-5-11-9-16-17(14(19)13(11)15)12-6-2-3-7-21-12/h9,12H,2-8H2,1H3. The Morgan fingerprint density at radius 2 is 2.38 bits per heavy atom. The fraction of sp³-hybridized carbons (Fsp3) is 0.643. The van der Waals surface area contributed by atoms with Crippen molar-refractivity contribution in [1.82, 2.24) is 9.78 Å². The van der Waals surface area contributed by atoms with Gasteiger partial charge in [-0.15, -0.1) is 0 Å². The van der Waals surface area contributed by atoms with Gasteiger partial charge < -0.3 is 9.47 Å². The average molecular weight is 315 g/mol. The van der Waals surface area contributed by atoms with Gasteiger partial charge in [0.15, 0.2) is 6.23 Å². The van der Waals surface area contributed by atoms with Crippen LogP contribution in [0.3, 0.4) is 0 Å². The zero-order chi connectivity index (χ0) is 15.2. The number of hydrogen-bond acceptors (Lipinski definition) is 5. The SMILES string of the molecule is CC(=O)OCCCc1cnn(C2CCCCO2)c(=O)c1Cl. The second-order valence-electron chi connectivity index (χ2n) is 5.00. The van der Waals surface area contributed by atoms with Crippen molar-refractivity contribution in [2.24, 2.45) is 0 Å². The van der Waals surface area contributed by atoms with E-state index in [0.29, 0.717) is 31.6 Å². The van der Waals surface area contributed by atoms with E-state index in [4.69, 9.17) is 21.1 Å². The predicted molar refractivity (Wildman–Crippen MR) is 77.3 cm³/mol. The molecule has 1 fully saturated rings. The molecule has 0 aliphatic carbocycles. The van der Waals surface area contributed by atoms with Crippen LogP contribution in [-0.2, 0) is 20.7 Å². The van der Waals surface area contributed by atoms with Crippen LogP contribution in [0, 0.1) is 0 Å². The molecular weight excluding hydrogens is 296 g/mol. The Labute approximate surface area is 128 Å². The normalized spacial score (nSPS) is 18.5. The lowest BCUT2D eigenvalue weighted by Gasteiger charge is -2.23. The van der Waals surface area contributed by atoms with Crippen LogP contribution in [0.15, 0.2) is 11.0 Å². The molecule has 0 spiro atoms. The Balaban J connectivity index is 2.03. The summed E-state index contributed by atoms with van der Waals surface area (Å²) in [6.07, 6.45) is 5.21. The highest BCUT2D eigenvalue weighted by atomic mass is 35.5. The van der Waals surface area contributed by atoms with Crippen molar-refractivity contribution in [3.63, 3.8) is 0 Å². The van der Waals surface area contributed by atoms with E-state index in [1.165, 1.54) is 11.6 Å². The maximum atomic E-state index is 12.2. The van der Waals surface area contributed by atoms with Crippen LogP contribution in [0.5, 0.6) is 0 Å². The lowest BCUT2D eigenvalue weighted by molar-refractivity contribution is -0.141. The van der Waals surface area contributed by atoms with Gasteiger partial charge in [0.05, 0.1) is 12.8 Å². The molecule has 6 nitrogen and oxygen atoms in total. The summed E-state index contributed by atoms with van der Waals surface area (Å²) >= 11 is 6.12. The highest BCUT2D eigenvalue weighted by molar-refractivity contribution is 6.31. The number of aromatic nitrogens is 2. The van der Waals surface area contributed by atoms with Crippen LogP contribution < -0.4 is 5.56 Å². The minimum atomic E-state index is -0.325. The van der Waals surface area contributed by atoms with E-state index in [2.05, 4.69) is 5.10 Å². The third kappa shape index (κ3) is 4.28. The van der Waals surface area contributed by atoms with Gasteiger partial charge in [0.25, 0.3) is 5.56 Å². The molecule has 2 rings (SSSR count). The van der Waals surface area contributed by atoms with Gasteiger partial charge in [0, 0.05) is 13.5 Å². The van der Waals surface area contributed by atoms with Crippen LogP contribution in [0.4, 0.5) is 0 Å². The summed E-state index contributed by atoms with van der Waals surface area (Å²) in [6.45, 7) is 2.31. The molecule has 1 aliphatic rings. The van der Waals surface area contributed by atoms with E-state index >= 15 is 0 Å². The maximum absolute atomic E-state index is 12.2. The summed E-state index contributed by atoms with van der Waals surface area (Å²) in [5.41, 5.74) is 0.342. The number of carbonyl (C=O) groups excluding carboxylic acids is 1. The summed E-state index contributed by atoms with van der Waals surface area (Å²) in [5, 5.41) is 4.33. The van der Waals surface area contributed by atoms with Gasteiger partial charge in [-0.05, 0) is 37.7 Å². The molecule has 0 N–H and O–H groups in total. The fourth-order valence-electron chi connectivity index (χ4n) is 2.25. The first-order valence-corrected chi connectivity index (χ1v) is 7.48. The molecule has 0 saturated carbocycles. The van der Waals surface area contributed by atoms with Gasteiger partial charge in [-0.2, -0.15) is 9.78 Å². The van der Waals surface area contributed by atoms with Gasteiger partial charge in [0.1, 0.15) is 5.02 Å². The summed E-state index contributed by atoms with van der Waals surface area (Å²) in [4.78, 5) is 22.9. The van der Waals surface area contributed by atoms with Crippen LogP contribution in [0.25, 0.3) is 0 Å². The van der Waals surface area contributed by atoms with Crippen LogP contribution in [-0.4, -0.2) is 29.0 Å². The first kappa shape index (κ1) is 16.0. The smallest absolute Gasteiger partial charge is 0.302 e. The van der Waals surface area contributed by atoms with Crippen molar-refractivity contribution in [3.05, 3.63) is 27.1 Å². The van der Waals surface area contributed by atoms with Crippen LogP contribution in [0.1, 0.15) is 44.4 Å². The second-order valence-corrected chi connectivity index (χ2v) is 5.38. The van der Waals surface area contributed by atoms with E-state index < -0.39 is 0 Å². The molecule has 1 unspecified atom stereocenters. The Hall–Kier alpha value is -1.40. The molecule has 0 aromatic carbocycles. The number of nitrogens with zero attached hydrogens (tertiary/aromatic N) is 2. The second kappa shape index (κ2) is 7.56. The lowest BCUT2D eigenvalue weighted by Crippen LogP contribution is -2.31. The molecule has 1 aliphatic heterocycles. The summed E-state index contributed by atoms with van der Waals surface area (Å²) < 4.78 is 11.7. The first-order chi connectivity index (χ1) is 10.1. The number of ether oxygens (including phenoxy) is 2. The predicted octanol–water partition coefficient (Wildman–Crippen LogP) is 2.09. The monoisotopic (exact) mass is 314 g/mol. The van der Waals surface area contributed by atoms with Crippen molar-refractivity contribution in [3.8, 4) is 0 Å². The number of carbonyl (C=O) groups is 1. The molecule has 0 amide bonds. The first-order valence-electron chi connectivity index (χ1n) is 7.10. The summed E-state index contributed by atoms with van der Waals surface area (Å²) in [5.74, 6) is -0.316. The Kier molecular flexibility index (Phi) is 5.76. The third-order valence-corrected chi connectivity index (χ3v) is 3.74. The van der Waals surface area contributed by atoms with E-state index in [1.807, 2.05) is 0 Å². The van der Waals surface area contributed by atoms with E-state index in [0.717, 1.165) is 19.3 Å². The van der Waals surface area contributed by atoms with Crippen molar-refractivity contribution < 1.29 is 14.3 Å². The number of rotatable bonds is 5. The third-order valence-electron chi connectivity index (χ3n) is 3.34. The van der Waals surface area contributed by atoms with E-state index in [-0.39, 0.29) is 22.8 Å². The maximum Gasteiger partial charge on any atom is 0.302 e. The minimum Gasteiger partial charge on any atom is -0.466 e. The number of esters is 1. The molecule has 0 radical (unpaired) electrons. The molecule has 7 heteroatoms. The van der Waals surface area contributed by atoms with E-state index in [9.17, 15) is 9.59 Å². The quantitative estimate of drug-likeness (QED) is 0.615. The van der Waals surface area contributed by atoms with Crippen molar-refractivity contribution >= 4 is 17.6 Å². The van der Waals surface area contributed by atoms with Gasteiger partial charge >= 0.3 is 5.97 Å². The van der Waals surface area contributed by atoms with Gasteiger partial charge in [-0.3, -0.25) is 9.59 Å². The molecule has 1 saturated heterocycles. The largest absolute Gasteiger partial charge is 0.466 e. The summed E-state index contributed by atoms with van der Waals surface area (Å²) in [6, 6.07) is 0. The zero-order valence-electron chi connectivity index (χ0n) is 12.0. The van der Waals surface area contributed by atoms with Gasteiger partial charge in [-0.1, -0.05) is 11.6 Å². The van der Waals surface area contributed by atoms with Crippen LogP contribution >= 0.6 is 11.6 Å². The van der Waals surface area contributed by atoms with Gasteiger partial charge in [0.2, 0.25) is 0 Å². The molecule has 0 bridgehead atoms. The number of halogens is 1. The molecule has 1 atom stereocenters. The fourth-order valence-corrected chi connectivity index (χ4v) is 2.48. The Bertz CT molecular complexity index is 552. The van der Waals surface area contributed by atoms with Crippen molar-refractivity contribution in [1.29, 1.82) is 0 Å².